The Balaban J connectivity index is 2.06. The second-order valence-corrected chi connectivity index (χ2v) is 3.74. The first-order valence-corrected chi connectivity index (χ1v) is 4.53. The lowest BCUT2D eigenvalue weighted by Crippen LogP contribution is -2.24. The van der Waals surface area contributed by atoms with Crippen molar-refractivity contribution >= 4 is 17.8 Å². The minimum Gasteiger partial charge on any atom is -0.449 e. The molecule has 2 aliphatic rings. The molecule has 10 heavy (non-hydrogen) atoms. The van der Waals surface area contributed by atoms with Crippen molar-refractivity contribution < 1.29 is 4.74 Å². The Morgan fingerprint density at radius 3 is 3.40 bits per heavy atom. The van der Waals surface area contributed by atoms with E-state index in [0.717, 1.165) is 6.42 Å². The maximum atomic E-state index is 5.41. The molecule has 2 heterocycles. The smallest absolute Gasteiger partial charge is 0.283 e. The van der Waals surface area contributed by atoms with E-state index in [-0.39, 0.29) is 5.44 Å². The van der Waals surface area contributed by atoms with Crippen LogP contribution in [0, 0.1) is 0 Å². The molecule has 0 aromatic heterocycles. The predicted molar refractivity (Wildman–Crippen MR) is 42.0 cm³/mol. The van der Waals surface area contributed by atoms with E-state index < -0.39 is 0 Å². The molecule has 2 unspecified atom stereocenters. The second kappa shape index (κ2) is 2.34. The van der Waals surface area contributed by atoms with Crippen LogP contribution in [-0.2, 0) is 4.74 Å². The molecule has 2 atom stereocenters. The second-order valence-electron chi connectivity index (χ2n) is 2.53. The lowest BCUT2D eigenvalue weighted by Gasteiger charge is -2.20. The molecule has 2 rings (SSSR count). The molecule has 0 aliphatic carbocycles. The molecule has 0 spiro atoms. The van der Waals surface area contributed by atoms with Gasteiger partial charge in [0.05, 0.1) is 0 Å². The maximum Gasteiger partial charge on any atom is 0.283 e. The van der Waals surface area contributed by atoms with Gasteiger partial charge >= 0.3 is 0 Å². The molecular formula is C6H10N2OS. The Bertz CT molecular complexity index is 171. The van der Waals surface area contributed by atoms with Gasteiger partial charge in [0.15, 0.2) is 5.44 Å². The quantitative estimate of drug-likeness (QED) is 0.560. The van der Waals surface area contributed by atoms with Crippen LogP contribution >= 0.6 is 11.8 Å². The molecule has 2 aliphatic heterocycles. The molecule has 0 aromatic carbocycles. The summed E-state index contributed by atoms with van der Waals surface area (Å²) < 4.78 is 5.26. The number of ether oxygens (including phenoxy) is 1. The third-order valence-electron chi connectivity index (χ3n) is 1.77. The zero-order chi connectivity index (χ0) is 6.97. The van der Waals surface area contributed by atoms with Gasteiger partial charge in [-0.05, 0) is 18.6 Å². The van der Waals surface area contributed by atoms with Crippen LogP contribution in [0.4, 0.5) is 0 Å². The third kappa shape index (κ3) is 0.963. The largest absolute Gasteiger partial charge is 0.449 e. The fourth-order valence-corrected chi connectivity index (χ4v) is 2.44. The highest BCUT2D eigenvalue weighted by Crippen LogP contribution is 2.31. The van der Waals surface area contributed by atoms with E-state index in [1.807, 2.05) is 11.8 Å². The molecule has 1 fully saturated rings. The number of hydrogen-bond acceptors (Lipinski definition) is 4. The van der Waals surface area contributed by atoms with Crippen molar-refractivity contribution in [3.05, 3.63) is 0 Å². The first-order valence-electron chi connectivity index (χ1n) is 3.48. The number of nitrogens with two attached hydrogens (primary N) is 1. The summed E-state index contributed by atoms with van der Waals surface area (Å²) >= 11 is 1.82. The molecule has 56 valence electrons. The normalized spacial score (nSPS) is 38.2. The fourth-order valence-electron chi connectivity index (χ4n) is 1.29. The van der Waals surface area contributed by atoms with E-state index in [1.165, 1.54) is 12.2 Å². The van der Waals surface area contributed by atoms with Gasteiger partial charge in [0.25, 0.3) is 6.02 Å². The van der Waals surface area contributed by atoms with E-state index in [2.05, 4.69) is 4.99 Å². The zero-order valence-corrected chi connectivity index (χ0v) is 6.43. The summed E-state index contributed by atoms with van der Waals surface area (Å²) in [6.07, 6.45) is 2.38. The van der Waals surface area contributed by atoms with E-state index in [4.69, 9.17) is 10.5 Å². The van der Waals surface area contributed by atoms with Crippen LogP contribution < -0.4 is 5.73 Å². The molecule has 0 saturated carbocycles. The van der Waals surface area contributed by atoms with Crippen molar-refractivity contribution in [3.8, 4) is 0 Å². The minimum atomic E-state index is 0.230. The van der Waals surface area contributed by atoms with Crippen LogP contribution in [0.1, 0.15) is 12.8 Å². The lowest BCUT2D eigenvalue weighted by molar-refractivity contribution is 0.267. The standard InChI is InChI=1S/C6H10N2OS/c7-6-8-4-2-1-3-10-5(4)9-6/h4-5H,1-3H2,(H2,7,8). The van der Waals surface area contributed by atoms with Gasteiger partial charge in [-0.1, -0.05) is 0 Å². The minimum absolute atomic E-state index is 0.230. The third-order valence-corrected chi connectivity index (χ3v) is 3.03. The van der Waals surface area contributed by atoms with Crippen LogP contribution in [0.2, 0.25) is 0 Å². The van der Waals surface area contributed by atoms with Crippen molar-refractivity contribution in [3.63, 3.8) is 0 Å². The number of nitrogens with zero attached hydrogens (tertiary/aromatic N) is 1. The summed E-state index contributed by atoms with van der Waals surface area (Å²) in [5.41, 5.74) is 5.64. The Kier molecular flexibility index (Phi) is 1.48. The Hall–Kier alpha value is -0.380. The van der Waals surface area contributed by atoms with E-state index in [0.29, 0.717) is 12.1 Å². The molecule has 0 bridgehead atoms. The van der Waals surface area contributed by atoms with Crippen LogP contribution in [0.25, 0.3) is 0 Å². The number of amidine groups is 1. The van der Waals surface area contributed by atoms with Crippen molar-refractivity contribution in [2.45, 2.75) is 24.3 Å². The van der Waals surface area contributed by atoms with Gasteiger partial charge in [-0.3, -0.25) is 0 Å². The Morgan fingerprint density at radius 1 is 1.70 bits per heavy atom. The van der Waals surface area contributed by atoms with E-state index in [9.17, 15) is 0 Å². The van der Waals surface area contributed by atoms with Gasteiger partial charge in [-0.25, -0.2) is 4.99 Å². The van der Waals surface area contributed by atoms with Crippen LogP contribution in [0.15, 0.2) is 4.99 Å². The summed E-state index contributed by atoms with van der Waals surface area (Å²) in [6.45, 7) is 0. The molecule has 0 aromatic rings. The first-order chi connectivity index (χ1) is 4.86. The van der Waals surface area contributed by atoms with Gasteiger partial charge in [0.2, 0.25) is 0 Å². The highest BCUT2D eigenvalue weighted by atomic mass is 32.2. The van der Waals surface area contributed by atoms with Crippen LogP contribution in [0.3, 0.4) is 0 Å². The highest BCUT2D eigenvalue weighted by Gasteiger charge is 2.32. The zero-order valence-electron chi connectivity index (χ0n) is 5.62. The van der Waals surface area contributed by atoms with Gasteiger partial charge in [0, 0.05) is 0 Å². The number of hydrogen-bond donors (Lipinski definition) is 1. The van der Waals surface area contributed by atoms with Gasteiger partial charge < -0.3 is 10.5 Å². The van der Waals surface area contributed by atoms with Gasteiger partial charge in [0.1, 0.15) is 6.04 Å². The average Bonchev–Trinajstić information content (AvgIpc) is 2.27. The summed E-state index contributed by atoms with van der Waals surface area (Å²) in [7, 11) is 0. The molecular weight excluding hydrogens is 148 g/mol. The predicted octanol–water partition coefficient (Wildman–Crippen LogP) is 0.553. The van der Waals surface area contributed by atoms with Crippen LogP contribution in [-0.4, -0.2) is 23.3 Å². The molecule has 0 radical (unpaired) electrons. The summed E-state index contributed by atoms with van der Waals surface area (Å²) in [4.78, 5) is 4.16. The van der Waals surface area contributed by atoms with Crippen LogP contribution in [0.5, 0.6) is 0 Å². The summed E-state index contributed by atoms with van der Waals surface area (Å²) in [5, 5.41) is 0. The molecule has 1 saturated heterocycles. The number of aliphatic imine (C=N–C) groups is 1. The lowest BCUT2D eigenvalue weighted by atomic mass is 10.2. The highest BCUT2D eigenvalue weighted by molar-refractivity contribution is 7.99. The summed E-state index contributed by atoms with van der Waals surface area (Å²) in [5.74, 6) is 1.18. The van der Waals surface area contributed by atoms with E-state index >= 15 is 0 Å². The fraction of sp³-hybridized carbons (Fsp3) is 0.833. The topological polar surface area (TPSA) is 47.6 Å². The molecule has 4 heteroatoms. The average molecular weight is 158 g/mol. The van der Waals surface area contributed by atoms with E-state index in [1.54, 1.807) is 0 Å². The van der Waals surface area contributed by atoms with Crippen molar-refractivity contribution in [1.82, 2.24) is 0 Å². The molecule has 3 nitrogen and oxygen atoms in total. The Morgan fingerprint density at radius 2 is 2.60 bits per heavy atom. The summed E-state index contributed by atoms with van der Waals surface area (Å²) in [6, 6.07) is 0.725. The SMILES string of the molecule is NC1=NC2CCCSC2O1. The Labute approximate surface area is 64.0 Å². The molecule has 0 amide bonds. The monoisotopic (exact) mass is 158 g/mol. The van der Waals surface area contributed by atoms with Crippen molar-refractivity contribution in [2.24, 2.45) is 10.7 Å². The number of fused-ring (bicyclic) bond motifs is 1. The van der Waals surface area contributed by atoms with Crippen molar-refractivity contribution in [1.29, 1.82) is 0 Å². The number of thioether (sulfide) groups is 1. The number of rotatable bonds is 0. The van der Waals surface area contributed by atoms with Gasteiger partial charge in [-0.15, -0.1) is 11.8 Å². The first kappa shape index (κ1) is 6.34. The van der Waals surface area contributed by atoms with Gasteiger partial charge in [-0.2, -0.15) is 0 Å². The van der Waals surface area contributed by atoms with Crippen molar-refractivity contribution in [2.75, 3.05) is 5.75 Å². The molecule has 2 N–H and O–H groups in total. The maximum absolute atomic E-state index is 5.41.